The summed E-state index contributed by atoms with van der Waals surface area (Å²) in [4.78, 5) is 22.4. The van der Waals surface area contributed by atoms with Crippen LogP contribution in [0.25, 0.3) is 5.69 Å². The summed E-state index contributed by atoms with van der Waals surface area (Å²) in [7, 11) is 0. The molecule has 2 aromatic rings. The van der Waals surface area contributed by atoms with Crippen LogP contribution in [0.2, 0.25) is 0 Å². The molecule has 0 unspecified atom stereocenters. The Hall–Kier alpha value is -2.14. The lowest BCUT2D eigenvalue weighted by atomic mass is 10.0. The highest BCUT2D eigenvalue weighted by atomic mass is 16.7. The molecule has 0 saturated carbocycles. The molecule has 5 nitrogen and oxygen atoms in total. The Morgan fingerprint density at radius 1 is 1.12 bits per heavy atom. The number of carbonyl (C=O) groups is 1. The van der Waals surface area contributed by atoms with Gasteiger partial charge in [0.1, 0.15) is 0 Å². The van der Waals surface area contributed by atoms with Crippen LogP contribution in [0.1, 0.15) is 54.7 Å². The molecule has 2 heterocycles. The lowest BCUT2D eigenvalue weighted by molar-refractivity contribution is -0.119. The monoisotopic (exact) mass is 327 g/mol. The van der Waals surface area contributed by atoms with Crippen LogP contribution in [0, 0.1) is 0 Å². The van der Waals surface area contributed by atoms with E-state index < -0.39 is 0 Å². The molecule has 0 bridgehead atoms. The van der Waals surface area contributed by atoms with E-state index in [4.69, 9.17) is 4.84 Å². The van der Waals surface area contributed by atoms with Gasteiger partial charge in [0.25, 0.3) is 0 Å². The van der Waals surface area contributed by atoms with Gasteiger partial charge in [0, 0.05) is 13.1 Å². The molecule has 0 atom stereocenters. The summed E-state index contributed by atoms with van der Waals surface area (Å²) >= 11 is 0. The maximum atomic E-state index is 12.6. The van der Waals surface area contributed by atoms with Crippen molar-refractivity contribution in [1.82, 2.24) is 14.6 Å². The van der Waals surface area contributed by atoms with E-state index in [9.17, 15) is 4.79 Å². The molecule has 1 aliphatic heterocycles. The molecule has 0 aliphatic carbocycles. The fraction of sp³-hybridized carbons (Fsp3) is 0.474. The van der Waals surface area contributed by atoms with Gasteiger partial charge in [-0.15, -0.1) is 5.06 Å². The summed E-state index contributed by atoms with van der Waals surface area (Å²) < 4.78 is 1.88. The minimum atomic E-state index is -0.331. The number of aryl methyl sites for hydroxylation is 2. The Morgan fingerprint density at radius 2 is 1.79 bits per heavy atom. The first-order valence-corrected chi connectivity index (χ1v) is 8.85. The third-order valence-electron chi connectivity index (χ3n) is 4.58. The van der Waals surface area contributed by atoms with Crippen molar-refractivity contribution in [3.8, 4) is 5.69 Å². The molecule has 1 fully saturated rings. The zero-order valence-corrected chi connectivity index (χ0v) is 14.5. The Labute approximate surface area is 143 Å². The second-order valence-electron chi connectivity index (χ2n) is 6.15. The van der Waals surface area contributed by atoms with Gasteiger partial charge in [-0.1, -0.05) is 38.5 Å². The zero-order chi connectivity index (χ0) is 16.9. The van der Waals surface area contributed by atoms with E-state index in [0.29, 0.717) is 5.69 Å². The van der Waals surface area contributed by atoms with Crippen LogP contribution in [-0.2, 0) is 17.7 Å². The first-order chi connectivity index (χ1) is 11.7. The molecule has 0 amide bonds. The lowest BCUT2D eigenvalue weighted by Crippen LogP contribution is -2.33. The van der Waals surface area contributed by atoms with Crippen molar-refractivity contribution in [3.05, 3.63) is 47.5 Å². The lowest BCUT2D eigenvalue weighted by Gasteiger charge is -2.25. The number of benzene rings is 1. The van der Waals surface area contributed by atoms with Crippen LogP contribution in [0.5, 0.6) is 0 Å². The number of imidazole rings is 1. The van der Waals surface area contributed by atoms with E-state index in [2.05, 4.69) is 37.0 Å². The number of nitrogens with zero attached hydrogens (tertiary/aromatic N) is 3. The number of carbonyl (C=O) groups excluding carboxylic acids is 1. The summed E-state index contributed by atoms with van der Waals surface area (Å²) in [5, 5.41) is 1.77. The van der Waals surface area contributed by atoms with Crippen LogP contribution < -0.4 is 0 Å². The highest BCUT2D eigenvalue weighted by Gasteiger charge is 2.22. The van der Waals surface area contributed by atoms with Crippen LogP contribution in [0.4, 0.5) is 0 Å². The largest absolute Gasteiger partial charge is 0.375 e. The Kier molecular flexibility index (Phi) is 5.30. The minimum absolute atomic E-state index is 0.331. The smallest absolute Gasteiger partial charge is 0.363 e. The van der Waals surface area contributed by atoms with Crippen molar-refractivity contribution in [1.29, 1.82) is 0 Å². The second kappa shape index (κ2) is 7.62. The molecule has 1 saturated heterocycles. The quantitative estimate of drug-likeness (QED) is 0.842. The number of aromatic nitrogens is 2. The van der Waals surface area contributed by atoms with Crippen molar-refractivity contribution in [2.24, 2.45) is 0 Å². The molecule has 1 aromatic heterocycles. The standard InChI is InChI=1S/C19H25N3O2/c1-3-15-9-8-10-16(4-2)18(15)22-14-20-13-17(22)19(23)24-21-11-6-5-7-12-21/h8-10,13-14H,3-7,11-12H2,1-2H3. The Balaban J connectivity index is 1.92. The topological polar surface area (TPSA) is 47.4 Å². The fourth-order valence-corrected chi connectivity index (χ4v) is 3.27. The number of rotatable bonds is 5. The van der Waals surface area contributed by atoms with E-state index in [1.807, 2.05) is 4.57 Å². The van der Waals surface area contributed by atoms with Gasteiger partial charge in [-0.05, 0) is 36.8 Å². The Bertz CT molecular complexity index is 680. The summed E-state index contributed by atoms with van der Waals surface area (Å²) in [6.07, 6.45) is 8.47. The van der Waals surface area contributed by atoms with Crippen LogP contribution in [-0.4, -0.2) is 33.7 Å². The van der Waals surface area contributed by atoms with Crippen LogP contribution in [0.15, 0.2) is 30.7 Å². The molecule has 0 spiro atoms. The highest BCUT2D eigenvalue weighted by molar-refractivity contribution is 5.88. The van der Waals surface area contributed by atoms with E-state index in [1.165, 1.54) is 17.5 Å². The molecule has 24 heavy (non-hydrogen) atoms. The molecule has 128 valence electrons. The van der Waals surface area contributed by atoms with Gasteiger partial charge in [0.05, 0.1) is 18.2 Å². The number of hydrogen-bond acceptors (Lipinski definition) is 4. The van der Waals surface area contributed by atoms with Gasteiger partial charge in [0.2, 0.25) is 0 Å². The van der Waals surface area contributed by atoms with Gasteiger partial charge < -0.3 is 4.84 Å². The summed E-state index contributed by atoms with van der Waals surface area (Å²) in [5.74, 6) is -0.331. The van der Waals surface area contributed by atoms with Gasteiger partial charge in [0.15, 0.2) is 5.69 Å². The summed E-state index contributed by atoms with van der Waals surface area (Å²) in [5.41, 5.74) is 3.96. The van der Waals surface area contributed by atoms with Crippen molar-refractivity contribution >= 4 is 5.97 Å². The van der Waals surface area contributed by atoms with Crippen LogP contribution in [0.3, 0.4) is 0 Å². The van der Waals surface area contributed by atoms with Gasteiger partial charge >= 0.3 is 5.97 Å². The molecular formula is C19H25N3O2. The van der Waals surface area contributed by atoms with Gasteiger partial charge in [-0.3, -0.25) is 4.57 Å². The molecule has 1 aliphatic rings. The first-order valence-electron chi connectivity index (χ1n) is 8.85. The third kappa shape index (κ3) is 3.36. The third-order valence-corrected chi connectivity index (χ3v) is 4.58. The number of piperidine rings is 1. The highest BCUT2D eigenvalue weighted by Crippen LogP contribution is 2.23. The summed E-state index contributed by atoms with van der Waals surface area (Å²) in [6.45, 7) is 5.87. The molecule has 0 N–H and O–H groups in total. The van der Waals surface area contributed by atoms with Crippen molar-refractivity contribution in [3.63, 3.8) is 0 Å². The molecule has 0 radical (unpaired) electrons. The molecule has 5 heteroatoms. The first kappa shape index (κ1) is 16.7. The van der Waals surface area contributed by atoms with E-state index in [1.54, 1.807) is 17.6 Å². The maximum Gasteiger partial charge on any atom is 0.375 e. The van der Waals surface area contributed by atoms with E-state index >= 15 is 0 Å². The number of para-hydroxylation sites is 1. The predicted molar refractivity (Wildman–Crippen MR) is 93.2 cm³/mol. The second-order valence-corrected chi connectivity index (χ2v) is 6.15. The van der Waals surface area contributed by atoms with E-state index in [0.717, 1.165) is 44.5 Å². The van der Waals surface area contributed by atoms with E-state index in [-0.39, 0.29) is 5.97 Å². The Morgan fingerprint density at radius 3 is 2.42 bits per heavy atom. The maximum absolute atomic E-state index is 12.6. The summed E-state index contributed by atoms with van der Waals surface area (Å²) in [6, 6.07) is 6.28. The van der Waals surface area contributed by atoms with Crippen LogP contribution >= 0.6 is 0 Å². The fourth-order valence-electron chi connectivity index (χ4n) is 3.27. The zero-order valence-electron chi connectivity index (χ0n) is 14.5. The average molecular weight is 327 g/mol. The number of hydrogen-bond donors (Lipinski definition) is 0. The predicted octanol–water partition coefficient (Wildman–Crippen LogP) is 3.55. The minimum Gasteiger partial charge on any atom is -0.363 e. The van der Waals surface area contributed by atoms with Crippen molar-refractivity contribution < 1.29 is 9.63 Å². The number of hydroxylamine groups is 2. The molecule has 3 rings (SSSR count). The molecule has 1 aromatic carbocycles. The SMILES string of the molecule is CCc1cccc(CC)c1-n1cncc1C(=O)ON1CCCCC1. The average Bonchev–Trinajstić information content (AvgIpc) is 3.11. The normalized spacial score (nSPS) is 15.4. The van der Waals surface area contributed by atoms with Crippen molar-refractivity contribution in [2.45, 2.75) is 46.0 Å². The van der Waals surface area contributed by atoms with Crippen molar-refractivity contribution in [2.75, 3.05) is 13.1 Å². The van der Waals surface area contributed by atoms with Gasteiger partial charge in [-0.2, -0.15) is 0 Å². The van der Waals surface area contributed by atoms with Gasteiger partial charge in [-0.25, -0.2) is 9.78 Å². The molecular weight excluding hydrogens is 302 g/mol.